The Morgan fingerprint density at radius 2 is 1.73 bits per heavy atom. The average molecular weight is 633 g/mol. The Kier molecular flexibility index (Phi) is 8.45. The number of benzene rings is 1. The molecule has 1 aliphatic heterocycles. The van der Waals surface area contributed by atoms with E-state index in [9.17, 15) is 41.0 Å². The van der Waals surface area contributed by atoms with Gasteiger partial charge >= 0.3 is 12.4 Å². The molecule has 0 unspecified atom stereocenters. The van der Waals surface area contributed by atoms with Crippen molar-refractivity contribution >= 4 is 34.6 Å². The van der Waals surface area contributed by atoms with Crippen molar-refractivity contribution in [2.45, 2.75) is 43.6 Å². The monoisotopic (exact) mass is 632 g/mol. The van der Waals surface area contributed by atoms with Gasteiger partial charge in [-0.1, -0.05) is 0 Å². The van der Waals surface area contributed by atoms with E-state index in [1.165, 1.54) is 36.5 Å². The van der Waals surface area contributed by atoms with E-state index in [2.05, 4.69) is 9.97 Å². The molecule has 0 radical (unpaired) electrons. The van der Waals surface area contributed by atoms with Crippen molar-refractivity contribution < 1.29 is 45.5 Å². The number of aliphatic hydroxyl groups is 1. The van der Waals surface area contributed by atoms with Gasteiger partial charge in [-0.2, -0.15) is 26.3 Å². The maximum Gasteiger partial charge on any atom is 0.420 e. The number of amides is 1. The van der Waals surface area contributed by atoms with Crippen molar-refractivity contribution in [3.63, 3.8) is 0 Å². The number of aryl methyl sites for hydroxylation is 1. The van der Waals surface area contributed by atoms with Gasteiger partial charge in [-0.3, -0.25) is 14.6 Å². The lowest BCUT2D eigenvalue weighted by Crippen LogP contribution is -2.54. The number of halogens is 6. The second kappa shape index (κ2) is 12.0. The molecular weight excluding hydrogens is 606 g/mol. The van der Waals surface area contributed by atoms with E-state index in [4.69, 9.17) is 10.2 Å². The number of likely N-dealkylation sites (tertiary alicyclic amines) is 1. The summed E-state index contributed by atoms with van der Waals surface area (Å²) in [7, 11) is 0. The zero-order valence-electron chi connectivity index (χ0n) is 23.5. The first-order valence-corrected chi connectivity index (χ1v) is 13.7. The Morgan fingerprint density at radius 1 is 1.00 bits per heavy atom. The predicted octanol–water partition coefficient (Wildman–Crippen LogP) is 6.24. The van der Waals surface area contributed by atoms with Crippen LogP contribution in [0.1, 0.15) is 46.5 Å². The van der Waals surface area contributed by atoms with E-state index < -0.39 is 47.8 Å². The van der Waals surface area contributed by atoms with Crippen LogP contribution in [-0.2, 0) is 17.4 Å². The summed E-state index contributed by atoms with van der Waals surface area (Å²) in [5, 5.41) is 9.97. The molecule has 0 atom stereocenters. The number of aromatic nitrogens is 2. The lowest BCUT2D eigenvalue weighted by Gasteiger charge is -2.39. The maximum atomic E-state index is 14.0. The number of ketones is 1. The topological polar surface area (TPSA) is 123 Å². The summed E-state index contributed by atoms with van der Waals surface area (Å²) in [5.41, 5.74) is 2.12. The van der Waals surface area contributed by atoms with Gasteiger partial charge in [-0.25, -0.2) is 4.98 Å². The second-order valence-corrected chi connectivity index (χ2v) is 10.7. The summed E-state index contributed by atoms with van der Waals surface area (Å²) in [6, 6.07) is 9.66. The molecule has 14 heteroatoms. The van der Waals surface area contributed by atoms with E-state index in [-0.39, 0.29) is 59.7 Å². The van der Waals surface area contributed by atoms with Gasteiger partial charge in [0.15, 0.2) is 11.4 Å². The molecule has 1 saturated heterocycles. The Bertz CT molecular complexity index is 1740. The highest BCUT2D eigenvalue weighted by atomic mass is 19.4. The maximum absolute atomic E-state index is 14.0. The van der Waals surface area contributed by atoms with Crippen LogP contribution in [-0.4, -0.2) is 56.5 Å². The van der Waals surface area contributed by atoms with E-state index >= 15 is 0 Å². The summed E-state index contributed by atoms with van der Waals surface area (Å²) in [6.07, 6.45) is -5.39. The fourth-order valence-electron chi connectivity index (χ4n) is 4.96. The predicted molar refractivity (Wildman–Crippen MR) is 152 cm³/mol. The van der Waals surface area contributed by atoms with Gasteiger partial charge in [0.25, 0.3) is 5.91 Å². The van der Waals surface area contributed by atoms with E-state index in [1.54, 1.807) is 18.2 Å². The minimum Gasteiger partial charge on any atom is -0.460 e. The minimum absolute atomic E-state index is 0.0174. The molecule has 0 bridgehead atoms. The lowest BCUT2D eigenvalue weighted by molar-refractivity contribution is -0.271. The van der Waals surface area contributed by atoms with Gasteiger partial charge in [0, 0.05) is 62.1 Å². The Labute approximate surface area is 252 Å². The molecule has 3 N–H and O–H groups in total. The number of carbonyl (C=O) groups is 2. The first-order valence-electron chi connectivity index (χ1n) is 13.7. The van der Waals surface area contributed by atoms with Crippen LogP contribution < -0.4 is 5.73 Å². The molecule has 8 nitrogen and oxygen atoms in total. The van der Waals surface area contributed by atoms with E-state index in [0.29, 0.717) is 11.4 Å². The van der Waals surface area contributed by atoms with Gasteiger partial charge in [0.1, 0.15) is 17.2 Å². The van der Waals surface area contributed by atoms with Crippen LogP contribution in [0.3, 0.4) is 0 Å². The molecule has 3 aromatic heterocycles. The van der Waals surface area contributed by atoms with E-state index in [0.717, 1.165) is 17.2 Å². The molecule has 1 aromatic carbocycles. The quantitative estimate of drug-likeness (QED) is 0.183. The lowest BCUT2D eigenvalue weighted by atomic mass is 9.90. The van der Waals surface area contributed by atoms with Crippen LogP contribution >= 0.6 is 0 Å². The number of hydrogen-bond acceptors (Lipinski definition) is 7. The molecule has 0 saturated carbocycles. The van der Waals surface area contributed by atoms with Crippen LogP contribution in [0.25, 0.3) is 28.3 Å². The number of alkyl halides is 6. The molecule has 5 rings (SSSR count). The van der Waals surface area contributed by atoms with Crippen LogP contribution in [0.2, 0.25) is 0 Å². The summed E-state index contributed by atoms with van der Waals surface area (Å²) >= 11 is 0. The van der Waals surface area contributed by atoms with Gasteiger partial charge in [-0.05, 0) is 60.2 Å². The van der Waals surface area contributed by atoms with Crippen molar-refractivity contribution in [1.82, 2.24) is 14.9 Å². The summed E-state index contributed by atoms with van der Waals surface area (Å²) in [5.74, 6) is -0.380. The molecule has 4 heterocycles. The van der Waals surface area contributed by atoms with Gasteiger partial charge < -0.3 is 20.2 Å². The molecular formula is C31H26F6N4O4. The molecule has 1 aliphatic rings. The Hall–Kier alpha value is -4.72. The van der Waals surface area contributed by atoms with Crippen LogP contribution in [0, 0.1) is 0 Å². The van der Waals surface area contributed by atoms with Gasteiger partial charge in [0.2, 0.25) is 0 Å². The highest BCUT2D eigenvalue weighted by Gasteiger charge is 2.55. The number of anilines is 1. The third-order valence-corrected chi connectivity index (χ3v) is 7.57. The third kappa shape index (κ3) is 7.00. The van der Waals surface area contributed by atoms with Crippen molar-refractivity contribution in [2.75, 3.05) is 18.8 Å². The molecule has 1 fully saturated rings. The zero-order chi connectivity index (χ0) is 32.6. The molecule has 0 spiro atoms. The number of carbonyl (C=O) groups excluding carboxylic acids is 2. The first kappa shape index (κ1) is 31.7. The molecule has 236 valence electrons. The van der Waals surface area contributed by atoms with E-state index in [1.807, 2.05) is 0 Å². The highest BCUT2D eigenvalue weighted by Crippen LogP contribution is 2.40. The minimum atomic E-state index is -4.82. The van der Waals surface area contributed by atoms with Crippen LogP contribution in [0.5, 0.6) is 0 Å². The molecule has 45 heavy (non-hydrogen) atoms. The standard InChI is InChI=1S/C31H26F6N4O4/c32-30(33,34)24-15-20(25-7-3-19(17-39-25)28(43)41-11-9-29(44,10-12-41)31(35,36)37)13-21-14-23(45-27(21)24)6-5-22(42)4-1-18-2-8-26(38)40-16-18/h1-4,7-8,13-17,44H,5-6,9-12H2,(H2,38,40)/b4-1+. The molecule has 0 aliphatic carbocycles. The molecule has 1 amide bonds. The second-order valence-electron chi connectivity index (χ2n) is 10.7. The fraction of sp³-hybridized carbons (Fsp3) is 0.290. The number of nitrogens with two attached hydrogens (primary N) is 1. The summed E-state index contributed by atoms with van der Waals surface area (Å²) in [4.78, 5) is 34.4. The van der Waals surface area contributed by atoms with Gasteiger partial charge in [-0.15, -0.1) is 0 Å². The third-order valence-electron chi connectivity index (χ3n) is 7.57. The number of furan rings is 1. The number of hydrogen-bond donors (Lipinski definition) is 2. The Morgan fingerprint density at radius 3 is 2.33 bits per heavy atom. The summed E-state index contributed by atoms with van der Waals surface area (Å²) < 4.78 is 86.9. The fourth-order valence-corrected chi connectivity index (χ4v) is 4.96. The average Bonchev–Trinajstić information content (AvgIpc) is 3.41. The molecule has 4 aromatic rings. The smallest absolute Gasteiger partial charge is 0.420 e. The SMILES string of the molecule is Nc1ccc(/C=C/C(=O)CCc2cc3cc(-c4ccc(C(=O)N5CCC(O)(C(F)(F)F)CC5)cn4)cc(C(F)(F)F)c3o2)cn1. The number of piperidine rings is 1. The number of allylic oxidation sites excluding steroid dienone is 1. The number of pyridine rings is 2. The van der Waals surface area contributed by atoms with Crippen LogP contribution in [0.15, 0.2) is 65.4 Å². The highest BCUT2D eigenvalue weighted by molar-refractivity contribution is 5.95. The van der Waals surface area contributed by atoms with Gasteiger partial charge in [0.05, 0.1) is 16.8 Å². The summed E-state index contributed by atoms with van der Waals surface area (Å²) in [6.45, 7) is -0.653. The van der Waals surface area contributed by atoms with Crippen molar-refractivity contribution in [2.24, 2.45) is 0 Å². The van der Waals surface area contributed by atoms with Crippen molar-refractivity contribution in [1.29, 1.82) is 0 Å². The number of nitrogens with zero attached hydrogens (tertiary/aromatic N) is 3. The first-order chi connectivity index (χ1) is 21.1. The largest absolute Gasteiger partial charge is 0.460 e. The van der Waals surface area contributed by atoms with Crippen LogP contribution in [0.4, 0.5) is 32.2 Å². The zero-order valence-corrected chi connectivity index (χ0v) is 23.5. The number of rotatable bonds is 7. The normalized spacial score (nSPS) is 15.6. The number of nitrogen functional groups attached to an aromatic ring is 1. The van der Waals surface area contributed by atoms with Crippen molar-refractivity contribution in [3.05, 3.63) is 83.4 Å². The Balaban J connectivity index is 1.31. The number of fused-ring (bicyclic) bond motifs is 1. The van der Waals surface area contributed by atoms with Crippen molar-refractivity contribution in [3.8, 4) is 11.3 Å².